The van der Waals surface area contributed by atoms with Gasteiger partial charge in [0.25, 0.3) is 5.91 Å². The van der Waals surface area contributed by atoms with Crippen LogP contribution >= 0.6 is 15.9 Å². The number of hydrogen-bond acceptors (Lipinski definition) is 2. The second kappa shape index (κ2) is 7.52. The van der Waals surface area contributed by atoms with E-state index in [0.29, 0.717) is 17.1 Å². The van der Waals surface area contributed by atoms with Crippen LogP contribution in [0.4, 0.5) is 10.1 Å². The molecule has 0 saturated heterocycles. The van der Waals surface area contributed by atoms with Gasteiger partial charge in [0.2, 0.25) is 0 Å². The Bertz CT molecular complexity index is 1120. The molecule has 1 aliphatic heterocycles. The lowest BCUT2D eigenvalue weighted by Gasteiger charge is -2.19. The van der Waals surface area contributed by atoms with Crippen LogP contribution in [0.2, 0.25) is 0 Å². The molecule has 0 fully saturated rings. The van der Waals surface area contributed by atoms with Gasteiger partial charge in [0.05, 0.1) is 5.69 Å². The van der Waals surface area contributed by atoms with Crippen molar-refractivity contribution in [2.24, 2.45) is 4.99 Å². The lowest BCUT2D eigenvalue weighted by molar-refractivity contribution is -0.113. The summed E-state index contributed by atoms with van der Waals surface area (Å²) in [5.41, 5.74) is 3.69. The van der Waals surface area contributed by atoms with E-state index in [-0.39, 0.29) is 11.7 Å². The number of amidine groups is 1. The highest BCUT2D eigenvalue weighted by Gasteiger charge is 2.32. The summed E-state index contributed by atoms with van der Waals surface area (Å²) in [6, 6.07) is 21.4. The minimum absolute atomic E-state index is 0.223. The minimum atomic E-state index is -0.320. The zero-order valence-electron chi connectivity index (χ0n) is 15.1. The van der Waals surface area contributed by atoms with E-state index < -0.39 is 0 Å². The standard InChI is InChI=1S/C23H16BrFN2O/c1-15-4-2-5-17(12-15)22-26-21(13-16-8-10-19(25)11-9-16)23(28)27(22)20-7-3-6-18(24)14-20/h2-14H,1H3/b21-13+. The average Bonchev–Trinajstić information content (AvgIpc) is 3.00. The fraction of sp³-hybridized carbons (Fsp3) is 0.0435. The predicted molar refractivity (Wildman–Crippen MR) is 114 cm³/mol. The summed E-state index contributed by atoms with van der Waals surface area (Å²) in [6.45, 7) is 2.00. The van der Waals surface area contributed by atoms with Gasteiger partial charge in [-0.3, -0.25) is 9.69 Å². The van der Waals surface area contributed by atoms with Gasteiger partial charge >= 0.3 is 0 Å². The van der Waals surface area contributed by atoms with Crippen molar-refractivity contribution in [1.82, 2.24) is 0 Å². The van der Waals surface area contributed by atoms with Crippen LogP contribution < -0.4 is 4.90 Å². The lowest BCUT2D eigenvalue weighted by Crippen LogP contribution is -2.32. The maximum atomic E-state index is 13.2. The molecule has 1 heterocycles. The molecule has 5 heteroatoms. The number of hydrogen-bond donors (Lipinski definition) is 0. The van der Waals surface area contributed by atoms with Crippen molar-refractivity contribution >= 4 is 39.4 Å². The zero-order valence-corrected chi connectivity index (χ0v) is 16.7. The van der Waals surface area contributed by atoms with E-state index in [0.717, 1.165) is 21.3 Å². The topological polar surface area (TPSA) is 32.7 Å². The highest BCUT2D eigenvalue weighted by molar-refractivity contribution is 9.10. The van der Waals surface area contributed by atoms with E-state index in [1.165, 1.54) is 12.1 Å². The number of carbonyl (C=O) groups excluding carboxylic acids is 1. The molecule has 0 bridgehead atoms. The van der Waals surface area contributed by atoms with Crippen molar-refractivity contribution in [3.8, 4) is 0 Å². The maximum absolute atomic E-state index is 13.2. The molecule has 3 nitrogen and oxygen atoms in total. The summed E-state index contributed by atoms with van der Waals surface area (Å²) in [7, 11) is 0. The first-order valence-corrected chi connectivity index (χ1v) is 9.53. The number of carbonyl (C=O) groups is 1. The Morgan fingerprint density at radius 3 is 2.46 bits per heavy atom. The highest BCUT2D eigenvalue weighted by atomic mass is 79.9. The van der Waals surface area contributed by atoms with Crippen LogP contribution in [0, 0.1) is 12.7 Å². The lowest BCUT2D eigenvalue weighted by atomic mass is 10.1. The van der Waals surface area contributed by atoms with Crippen LogP contribution in [0.5, 0.6) is 0 Å². The van der Waals surface area contributed by atoms with Crippen LogP contribution in [0.25, 0.3) is 6.08 Å². The second-order valence-electron chi connectivity index (χ2n) is 6.51. The first-order chi connectivity index (χ1) is 13.5. The van der Waals surface area contributed by atoms with Crippen LogP contribution in [0.15, 0.2) is 88.0 Å². The van der Waals surface area contributed by atoms with Crippen molar-refractivity contribution in [3.05, 3.63) is 105 Å². The van der Waals surface area contributed by atoms with Crippen LogP contribution in [-0.2, 0) is 4.79 Å². The third-order valence-corrected chi connectivity index (χ3v) is 4.87. The van der Waals surface area contributed by atoms with Gasteiger partial charge in [0.15, 0.2) is 0 Å². The number of benzene rings is 3. The number of nitrogens with zero attached hydrogens (tertiary/aromatic N) is 2. The fourth-order valence-corrected chi connectivity index (χ4v) is 3.45. The van der Waals surface area contributed by atoms with Crippen molar-refractivity contribution in [1.29, 1.82) is 0 Å². The fourth-order valence-electron chi connectivity index (χ4n) is 3.07. The molecule has 138 valence electrons. The summed E-state index contributed by atoms with van der Waals surface area (Å²) in [5.74, 6) is 0.0266. The molecule has 28 heavy (non-hydrogen) atoms. The summed E-state index contributed by atoms with van der Waals surface area (Å²) in [4.78, 5) is 19.4. The van der Waals surface area contributed by atoms with E-state index in [4.69, 9.17) is 0 Å². The zero-order chi connectivity index (χ0) is 19.7. The molecule has 0 aromatic heterocycles. The number of aliphatic imine (C=N–C) groups is 1. The third-order valence-electron chi connectivity index (χ3n) is 4.38. The summed E-state index contributed by atoms with van der Waals surface area (Å²) >= 11 is 3.46. The van der Waals surface area contributed by atoms with Gasteiger partial charge in [0.1, 0.15) is 17.3 Å². The Balaban J connectivity index is 1.84. The normalized spacial score (nSPS) is 15.2. The molecule has 0 aliphatic carbocycles. The number of halogens is 2. The molecule has 1 aliphatic rings. The van der Waals surface area contributed by atoms with Crippen molar-refractivity contribution in [3.63, 3.8) is 0 Å². The molecule has 4 rings (SSSR count). The Morgan fingerprint density at radius 1 is 1.00 bits per heavy atom. The quantitative estimate of drug-likeness (QED) is 0.484. The van der Waals surface area contributed by atoms with Gasteiger partial charge in [-0.25, -0.2) is 9.38 Å². The molecule has 0 saturated carbocycles. The second-order valence-corrected chi connectivity index (χ2v) is 7.42. The molecule has 0 unspecified atom stereocenters. The third kappa shape index (κ3) is 3.66. The average molecular weight is 435 g/mol. The number of aryl methyl sites for hydroxylation is 1. The van der Waals surface area contributed by atoms with Crippen molar-refractivity contribution < 1.29 is 9.18 Å². The molecule has 3 aromatic rings. The first kappa shape index (κ1) is 18.3. The highest BCUT2D eigenvalue weighted by Crippen LogP contribution is 2.29. The Kier molecular flexibility index (Phi) is 4.92. The van der Waals surface area contributed by atoms with E-state index in [1.807, 2.05) is 55.5 Å². The molecule has 1 amide bonds. The van der Waals surface area contributed by atoms with Gasteiger partial charge in [-0.2, -0.15) is 0 Å². The van der Waals surface area contributed by atoms with E-state index in [1.54, 1.807) is 23.1 Å². The van der Waals surface area contributed by atoms with Crippen LogP contribution in [-0.4, -0.2) is 11.7 Å². The molecular weight excluding hydrogens is 419 g/mol. The van der Waals surface area contributed by atoms with Crippen molar-refractivity contribution in [2.45, 2.75) is 6.92 Å². The monoisotopic (exact) mass is 434 g/mol. The van der Waals surface area contributed by atoms with Crippen LogP contribution in [0.3, 0.4) is 0 Å². The summed E-state index contributed by atoms with van der Waals surface area (Å²) in [6.07, 6.45) is 1.68. The van der Waals surface area contributed by atoms with Gasteiger partial charge in [-0.15, -0.1) is 0 Å². The minimum Gasteiger partial charge on any atom is -0.266 e. The number of amides is 1. The molecule has 0 N–H and O–H groups in total. The molecule has 3 aromatic carbocycles. The smallest absolute Gasteiger partial charge is 0.266 e. The van der Waals surface area contributed by atoms with E-state index in [9.17, 15) is 9.18 Å². The van der Waals surface area contributed by atoms with Gasteiger partial charge < -0.3 is 0 Å². The summed E-state index contributed by atoms with van der Waals surface area (Å²) < 4.78 is 14.1. The van der Waals surface area contributed by atoms with E-state index in [2.05, 4.69) is 20.9 Å². The Morgan fingerprint density at radius 2 is 1.75 bits per heavy atom. The van der Waals surface area contributed by atoms with Gasteiger partial charge in [-0.1, -0.05) is 57.9 Å². The Labute approximate surface area is 171 Å². The van der Waals surface area contributed by atoms with Crippen molar-refractivity contribution in [2.75, 3.05) is 4.90 Å². The van der Waals surface area contributed by atoms with Crippen LogP contribution in [0.1, 0.15) is 16.7 Å². The number of rotatable bonds is 3. The summed E-state index contributed by atoms with van der Waals surface area (Å²) in [5, 5.41) is 0. The molecule has 0 spiro atoms. The predicted octanol–water partition coefficient (Wildman–Crippen LogP) is 5.73. The molecule has 0 atom stereocenters. The SMILES string of the molecule is Cc1cccc(C2=N/C(=C/c3ccc(F)cc3)C(=O)N2c2cccc(Br)c2)c1. The Hall–Kier alpha value is -3.05. The van der Waals surface area contributed by atoms with E-state index >= 15 is 0 Å². The van der Waals surface area contributed by atoms with Gasteiger partial charge in [0, 0.05) is 10.0 Å². The molecular formula is C23H16BrFN2O. The largest absolute Gasteiger partial charge is 0.282 e. The number of anilines is 1. The molecule has 0 radical (unpaired) electrons. The van der Waals surface area contributed by atoms with Gasteiger partial charge in [-0.05, 0) is 55.0 Å². The maximum Gasteiger partial charge on any atom is 0.282 e. The first-order valence-electron chi connectivity index (χ1n) is 8.74.